The summed E-state index contributed by atoms with van der Waals surface area (Å²) in [5.41, 5.74) is -1.02. The summed E-state index contributed by atoms with van der Waals surface area (Å²) in [5.74, 6) is -3.94. The van der Waals surface area contributed by atoms with Crippen molar-refractivity contribution in [3.05, 3.63) is 16.7 Å². The van der Waals surface area contributed by atoms with Crippen LogP contribution in [0.5, 0.6) is 0 Å². The van der Waals surface area contributed by atoms with E-state index in [-0.39, 0.29) is 23.0 Å². The Morgan fingerprint density at radius 2 is 2.23 bits per heavy atom. The van der Waals surface area contributed by atoms with E-state index in [0.29, 0.717) is 0 Å². The number of carbonyl (C=O) groups excluding carboxylic acids is 1. The summed E-state index contributed by atoms with van der Waals surface area (Å²) in [6, 6.07) is 0. The molecule has 1 aliphatic rings. The van der Waals surface area contributed by atoms with Crippen molar-refractivity contribution in [3.63, 3.8) is 0 Å². The molecule has 1 unspecified atom stereocenters. The van der Waals surface area contributed by atoms with E-state index in [1.54, 1.807) is 13.8 Å². The molecule has 2 aromatic rings. The lowest BCUT2D eigenvalue weighted by Crippen LogP contribution is -2.44. The third-order valence-electron chi connectivity index (χ3n) is 4.03. The van der Waals surface area contributed by atoms with Gasteiger partial charge in [0.05, 0.1) is 12.9 Å². The fourth-order valence-electron chi connectivity index (χ4n) is 2.57. The van der Waals surface area contributed by atoms with Crippen LogP contribution in [0.15, 0.2) is 11.1 Å². The van der Waals surface area contributed by atoms with Crippen molar-refractivity contribution in [2.45, 2.75) is 38.1 Å². The molecule has 2 aromatic heterocycles. The van der Waals surface area contributed by atoms with Crippen molar-refractivity contribution >= 4 is 23.0 Å². The van der Waals surface area contributed by atoms with Crippen molar-refractivity contribution < 1.29 is 29.2 Å². The Kier molecular flexibility index (Phi) is 4.52. The third-order valence-corrected chi connectivity index (χ3v) is 4.03. The van der Waals surface area contributed by atoms with E-state index in [9.17, 15) is 24.2 Å². The number of amides is 1. The van der Waals surface area contributed by atoms with Crippen LogP contribution in [-0.4, -0.2) is 65.4 Å². The Hall–Kier alpha value is -2.41. The Labute approximate surface area is 145 Å². The molecule has 3 rings (SSSR count). The van der Waals surface area contributed by atoms with Crippen LogP contribution < -0.4 is 10.9 Å². The lowest BCUT2D eigenvalue weighted by Gasteiger charge is -2.24. The minimum absolute atomic E-state index is 0.156. The van der Waals surface area contributed by atoms with Gasteiger partial charge in [0.1, 0.15) is 6.10 Å². The number of hydrogen-bond acceptors (Lipinski definition) is 8. The summed E-state index contributed by atoms with van der Waals surface area (Å²) < 4.78 is 20.2. The van der Waals surface area contributed by atoms with E-state index in [2.05, 4.69) is 20.3 Å². The largest absolute Gasteiger partial charge is 0.394 e. The van der Waals surface area contributed by atoms with E-state index in [1.165, 1.54) is 0 Å². The summed E-state index contributed by atoms with van der Waals surface area (Å²) in [5, 5.41) is 31.6. The van der Waals surface area contributed by atoms with E-state index >= 15 is 0 Å². The number of fused-ring (bicyclic) bond motifs is 1. The minimum atomic E-state index is -2.98. The fraction of sp³-hybridized carbons (Fsp3) is 0.571. The molecule has 0 spiro atoms. The van der Waals surface area contributed by atoms with Gasteiger partial charge in [-0.3, -0.25) is 24.5 Å². The highest BCUT2D eigenvalue weighted by molar-refractivity contribution is 5.91. The molecule has 12 heteroatoms. The maximum Gasteiger partial charge on any atom is 0.280 e. The van der Waals surface area contributed by atoms with Gasteiger partial charge in [-0.1, -0.05) is 13.8 Å². The van der Waals surface area contributed by atoms with Gasteiger partial charge in [-0.15, -0.1) is 0 Å². The summed E-state index contributed by atoms with van der Waals surface area (Å²) in [7, 11) is 0. The highest BCUT2D eigenvalue weighted by Gasteiger charge is 2.57. The number of halogens is 1. The number of aromatic nitrogens is 4. The Balaban J connectivity index is 2.06. The maximum absolute atomic E-state index is 14.1. The van der Waals surface area contributed by atoms with Gasteiger partial charge < -0.3 is 20.1 Å². The molecule has 0 aromatic carbocycles. The molecule has 3 atom stereocenters. The molecule has 3 heterocycles. The van der Waals surface area contributed by atoms with Crippen molar-refractivity contribution in [2.24, 2.45) is 5.92 Å². The highest BCUT2D eigenvalue weighted by atomic mass is 19.1. The number of nitrogens with one attached hydrogen (secondary N) is 2. The number of carbonyl (C=O) groups is 1. The maximum atomic E-state index is 14.1. The lowest BCUT2D eigenvalue weighted by atomic mass is 10.1. The van der Waals surface area contributed by atoms with Crippen LogP contribution in [0.4, 0.5) is 10.3 Å². The van der Waals surface area contributed by atoms with Gasteiger partial charge in [0.25, 0.3) is 5.56 Å². The lowest BCUT2D eigenvalue weighted by molar-refractivity contribution is -0.236. The second-order valence-electron chi connectivity index (χ2n) is 6.28. The van der Waals surface area contributed by atoms with E-state index < -0.39 is 42.4 Å². The predicted octanol–water partition coefficient (Wildman–Crippen LogP) is -1.38. The van der Waals surface area contributed by atoms with Gasteiger partial charge in [-0.05, 0) is 0 Å². The van der Waals surface area contributed by atoms with Gasteiger partial charge >= 0.3 is 0 Å². The highest BCUT2D eigenvalue weighted by Crippen LogP contribution is 2.39. The summed E-state index contributed by atoms with van der Waals surface area (Å²) in [4.78, 5) is 34.1. The first kappa shape index (κ1) is 18.4. The van der Waals surface area contributed by atoms with Crippen molar-refractivity contribution in [1.29, 1.82) is 0 Å². The first-order chi connectivity index (χ1) is 12.2. The Bertz CT molecular complexity index is 894. The molecule has 142 valence electrons. The fourth-order valence-corrected chi connectivity index (χ4v) is 2.57. The zero-order valence-corrected chi connectivity index (χ0v) is 13.9. The zero-order chi connectivity index (χ0) is 19.2. The normalized spacial score (nSPS) is 25.1. The van der Waals surface area contributed by atoms with E-state index in [1.807, 2.05) is 0 Å². The average molecular weight is 371 g/mol. The summed E-state index contributed by atoms with van der Waals surface area (Å²) in [6.45, 7) is 2.51. The van der Waals surface area contributed by atoms with E-state index in [4.69, 9.17) is 9.84 Å². The molecule has 0 saturated carbocycles. The number of hydrogen-bond donors (Lipinski definition) is 5. The van der Waals surface area contributed by atoms with Crippen LogP contribution >= 0.6 is 0 Å². The van der Waals surface area contributed by atoms with Crippen molar-refractivity contribution in [3.8, 4) is 0 Å². The number of aliphatic hydroxyl groups excluding tert-OH is 1. The number of ether oxygens (including phenoxy) is 1. The number of aliphatic hydroxyl groups is 3. The quantitative estimate of drug-likeness (QED) is 0.411. The van der Waals surface area contributed by atoms with Crippen LogP contribution in [0.3, 0.4) is 0 Å². The first-order valence-corrected chi connectivity index (χ1v) is 7.79. The molecule has 26 heavy (non-hydrogen) atoms. The van der Waals surface area contributed by atoms with Crippen molar-refractivity contribution in [1.82, 2.24) is 19.5 Å². The molecule has 1 aliphatic heterocycles. The second kappa shape index (κ2) is 6.39. The van der Waals surface area contributed by atoms with Gasteiger partial charge in [0, 0.05) is 5.92 Å². The molecule has 5 N–H and O–H groups in total. The summed E-state index contributed by atoms with van der Waals surface area (Å²) in [6.07, 6.45) is -4.45. The topological polar surface area (TPSA) is 163 Å². The monoisotopic (exact) mass is 371 g/mol. The van der Waals surface area contributed by atoms with Crippen LogP contribution in [-0.2, 0) is 9.53 Å². The zero-order valence-electron chi connectivity index (χ0n) is 13.9. The number of aromatic amines is 1. The number of anilines is 1. The smallest absolute Gasteiger partial charge is 0.280 e. The third kappa shape index (κ3) is 2.86. The number of imidazole rings is 1. The second-order valence-corrected chi connectivity index (χ2v) is 6.28. The van der Waals surface area contributed by atoms with Crippen LogP contribution in [0.2, 0.25) is 0 Å². The molecule has 1 fully saturated rings. The van der Waals surface area contributed by atoms with Gasteiger partial charge in [-0.2, -0.15) is 4.98 Å². The van der Waals surface area contributed by atoms with Crippen molar-refractivity contribution in [2.75, 3.05) is 11.9 Å². The Morgan fingerprint density at radius 1 is 1.54 bits per heavy atom. The van der Waals surface area contributed by atoms with Gasteiger partial charge in [0.2, 0.25) is 17.6 Å². The molecular formula is C14H18FN5O6. The van der Waals surface area contributed by atoms with E-state index in [0.717, 1.165) is 10.9 Å². The minimum Gasteiger partial charge on any atom is -0.394 e. The SMILES string of the molecule is CC(C)C(=O)Nc1nc2c(ncn2[C@@H]2OC(CO)[C@H](F)C2(O)O)c(=O)[nH]1. The van der Waals surface area contributed by atoms with Crippen LogP contribution in [0, 0.1) is 5.92 Å². The molecule has 1 saturated heterocycles. The number of rotatable bonds is 4. The molecule has 11 nitrogen and oxygen atoms in total. The average Bonchev–Trinajstić information content (AvgIpc) is 3.07. The van der Waals surface area contributed by atoms with Crippen LogP contribution in [0.25, 0.3) is 11.2 Å². The Morgan fingerprint density at radius 3 is 2.81 bits per heavy atom. The standard InChI is InChI=1S/C14H18FN5O6/c1-5(2)10(22)18-13-17-9-7(11(23)19-13)16-4-20(9)12-14(24,25)8(15)6(3-21)26-12/h4-6,8,12,21,24-25H,3H2,1-2H3,(H2,17,18,19,22,23)/t6?,8-,12+/m0/s1. The van der Waals surface area contributed by atoms with Gasteiger partial charge in [-0.25, -0.2) is 9.37 Å². The molecule has 0 radical (unpaired) electrons. The number of H-pyrrole nitrogens is 1. The predicted molar refractivity (Wildman–Crippen MR) is 84.7 cm³/mol. The van der Waals surface area contributed by atoms with Crippen LogP contribution in [0.1, 0.15) is 20.1 Å². The molecule has 0 bridgehead atoms. The molecular weight excluding hydrogens is 353 g/mol. The number of alkyl halides is 1. The first-order valence-electron chi connectivity index (χ1n) is 7.79. The summed E-state index contributed by atoms with van der Waals surface area (Å²) >= 11 is 0. The molecule has 1 amide bonds. The number of nitrogens with zero attached hydrogens (tertiary/aromatic N) is 3. The molecule has 0 aliphatic carbocycles. The van der Waals surface area contributed by atoms with Gasteiger partial charge in [0.15, 0.2) is 23.6 Å².